The van der Waals surface area contributed by atoms with E-state index in [0.29, 0.717) is 5.76 Å². The molecule has 0 bridgehead atoms. The Bertz CT molecular complexity index is 603. The molecule has 0 saturated heterocycles. The second-order valence-corrected chi connectivity index (χ2v) is 6.16. The van der Waals surface area contributed by atoms with Crippen molar-refractivity contribution in [3.05, 3.63) is 35.0 Å². The molecule has 2 aromatic heterocycles. The van der Waals surface area contributed by atoms with Crippen LogP contribution in [0.4, 0.5) is 0 Å². The summed E-state index contributed by atoms with van der Waals surface area (Å²) in [6, 6.07) is 3.65. The minimum Gasteiger partial charge on any atom is -0.478 e. The minimum absolute atomic E-state index is 0.153. The third-order valence-corrected chi connectivity index (χ3v) is 3.51. The maximum absolute atomic E-state index is 10.6. The summed E-state index contributed by atoms with van der Waals surface area (Å²) < 4.78 is 5.33. The van der Waals surface area contributed by atoms with E-state index in [4.69, 9.17) is 9.52 Å². The van der Waals surface area contributed by atoms with E-state index in [-0.39, 0.29) is 5.41 Å². The summed E-state index contributed by atoms with van der Waals surface area (Å²) >= 11 is 1.43. The first-order chi connectivity index (χ1) is 8.88. The maximum atomic E-state index is 10.6. The molecule has 0 fully saturated rings. The lowest BCUT2D eigenvalue weighted by molar-refractivity contribution is -0.131. The van der Waals surface area contributed by atoms with E-state index in [1.54, 1.807) is 18.4 Å². The second kappa shape index (κ2) is 5.01. The Kier molecular flexibility index (Phi) is 3.57. The molecule has 0 unspecified atom stereocenters. The third kappa shape index (κ3) is 3.12. The molecule has 0 aliphatic carbocycles. The van der Waals surface area contributed by atoms with Crippen molar-refractivity contribution in [1.82, 2.24) is 4.98 Å². The van der Waals surface area contributed by atoms with Crippen molar-refractivity contribution in [2.75, 3.05) is 0 Å². The fourth-order valence-electron chi connectivity index (χ4n) is 1.63. The average molecular weight is 277 g/mol. The first-order valence-electron chi connectivity index (χ1n) is 5.84. The van der Waals surface area contributed by atoms with Crippen molar-refractivity contribution in [1.29, 1.82) is 0 Å². The lowest BCUT2D eigenvalue weighted by Crippen LogP contribution is -2.13. The zero-order chi connectivity index (χ0) is 14.0. The van der Waals surface area contributed by atoms with Gasteiger partial charge in [-0.05, 0) is 18.2 Å². The van der Waals surface area contributed by atoms with E-state index in [2.05, 4.69) is 4.98 Å². The fourth-order valence-corrected chi connectivity index (χ4v) is 2.78. The summed E-state index contributed by atoms with van der Waals surface area (Å²) in [6.45, 7) is 6.14. The van der Waals surface area contributed by atoms with Gasteiger partial charge < -0.3 is 9.52 Å². The van der Waals surface area contributed by atoms with Crippen LogP contribution in [0.3, 0.4) is 0 Å². The molecule has 100 valence electrons. The van der Waals surface area contributed by atoms with Crippen molar-refractivity contribution in [3.8, 4) is 10.8 Å². The van der Waals surface area contributed by atoms with Gasteiger partial charge in [-0.3, -0.25) is 0 Å². The van der Waals surface area contributed by atoms with Crippen LogP contribution in [0.2, 0.25) is 0 Å². The number of aliphatic carboxylic acids is 1. The first-order valence-corrected chi connectivity index (χ1v) is 6.66. The third-order valence-electron chi connectivity index (χ3n) is 2.47. The molecule has 2 rings (SSSR count). The predicted molar refractivity (Wildman–Crippen MR) is 75.2 cm³/mol. The van der Waals surface area contributed by atoms with Crippen LogP contribution in [0, 0.1) is 0 Å². The Morgan fingerprint density at radius 1 is 1.47 bits per heavy atom. The van der Waals surface area contributed by atoms with E-state index in [0.717, 1.165) is 21.7 Å². The van der Waals surface area contributed by atoms with Crippen molar-refractivity contribution in [2.45, 2.75) is 26.2 Å². The number of hydrogen-bond acceptors (Lipinski definition) is 4. The monoisotopic (exact) mass is 277 g/mol. The minimum atomic E-state index is -0.965. The Morgan fingerprint density at radius 2 is 2.21 bits per heavy atom. The predicted octanol–water partition coefficient (Wildman–Crippen LogP) is 3.80. The highest BCUT2D eigenvalue weighted by Crippen LogP contribution is 2.35. The molecule has 0 aliphatic rings. The Morgan fingerprint density at radius 3 is 2.74 bits per heavy atom. The number of rotatable bonds is 3. The van der Waals surface area contributed by atoms with Gasteiger partial charge in [0.1, 0.15) is 0 Å². The highest BCUT2D eigenvalue weighted by atomic mass is 32.1. The molecule has 2 aromatic rings. The summed E-state index contributed by atoms with van der Waals surface area (Å²) in [6.07, 6.45) is 4.32. The van der Waals surface area contributed by atoms with E-state index < -0.39 is 5.97 Å². The topological polar surface area (TPSA) is 63.3 Å². The van der Waals surface area contributed by atoms with Crippen molar-refractivity contribution in [3.63, 3.8) is 0 Å². The SMILES string of the molecule is CC(C)(C)c1nc(-c2ccco2)sc1/C=C/C(=O)O. The summed E-state index contributed by atoms with van der Waals surface area (Å²) in [5.74, 6) is -0.265. The van der Waals surface area contributed by atoms with Gasteiger partial charge in [0, 0.05) is 11.5 Å². The largest absolute Gasteiger partial charge is 0.478 e. The van der Waals surface area contributed by atoms with Crippen LogP contribution in [0.1, 0.15) is 31.3 Å². The zero-order valence-corrected chi connectivity index (χ0v) is 11.8. The van der Waals surface area contributed by atoms with Gasteiger partial charge in [0.25, 0.3) is 0 Å². The number of thiazole rings is 1. The molecule has 0 atom stereocenters. The molecule has 5 heteroatoms. The van der Waals surface area contributed by atoms with E-state index in [9.17, 15) is 4.79 Å². The highest BCUT2D eigenvalue weighted by Gasteiger charge is 2.23. The Balaban J connectivity index is 2.49. The summed E-state index contributed by atoms with van der Waals surface area (Å²) in [4.78, 5) is 16.1. The quantitative estimate of drug-likeness (QED) is 0.867. The normalized spacial score (nSPS) is 12.2. The number of carboxylic acid groups (broad SMARTS) is 1. The Labute approximate surface area is 115 Å². The molecule has 0 radical (unpaired) electrons. The van der Waals surface area contributed by atoms with Gasteiger partial charge >= 0.3 is 5.97 Å². The van der Waals surface area contributed by atoms with Gasteiger partial charge in [0.2, 0.25) is 0 Å². The number of carbonyl (C=O) groups is 1. The molecule has 2 heterocycles. The number of carboxylic acids is 1. The first kappa shape index (κ1) is 13.5. The van der Waals surface area contributed by atoms with Gasteiger partial charge in [-0.25, -0.2) is 9.78 Å². The summed E-state index contributed by atoms with van der Waals surface area (Å²) in [5.41, 5.74) is 0.723. The van der Waals surface area contributed by atoms with Crippen LogP contribution in [0.5, 0.6) is 0 Å². The Hall–Kier alpha value is -1.88. The van der Waals surface area contributed by atoms with Gasteiger partial charge in [-0.2, -0.15) is 0 Å². The van der Waals surface area contributed by atoms with Crippen LogP contribution >= 0.6 is 11.3 Å². The van der Waals surface area contributed by atoms with Crippen LogP contribution in [0.15, 0.2) is 28.9 Å². The number of aromatic nitrogens is 1. The van der Waals surface area contributed by atoms with Gasteiger partial charge in [0.15, 0.2) is 10.8 Å². The van der Waals surface area contributed by atoms with Crippen LogP contribution in [-0.2, 0) is 10.2 Å². The van der Waals surface area contributed by atoms with Crippen LogP contribution in [-0.4, -0.2) is 16.1 Å². The smallest absolute Gasteiger partial charge is 0.328 e. The van der Waals surface area contributed by atoms with E-state index >= 15 is 0 Å². The van der Waals surface area contributed by atoms with Crippen LogP contribution < -0.4 is 0 Å². The molecule has 1 N–H and O–H groups in total. The number of furan rings is 1. The second-order valence-electron chi connectivity index (χ2n) is 5.13. The van der Waals surface area contributed by atoms with E-state index in [1.807, 2.05) is 26.8 Å². The summed E-state index contributed by atoms with van der Waals surface area (Å²) in [5, 5.41) is 9.50. The lowest BCUT2D eigenvalue weighted by atomic mass is 9.91. The lowest BCUT2D eigenvalue weighted by Gasteiger charge is -2.16. The fraction of sp³-hybridized carbons (Fsp3) is 0.286. The van der Waals surface area contributed by atoms with Crippen LogP contribution in [0.25, 0.3) is 16.8 Å². The molecule has 0 aliphatic heterocycles. The van der Waals surface area contributed by atoms with Crippen molar-refractivity contribution >= 4 is 23.4 Å². The highest BCUT2D eigenvalue weighted by molar-refractivity contribution is 7.16. The molecular formula is C14H15NO3S. The molecule has 0 spiro atoms. The number of nitrogens with zero attached hydrogens (tertiary/aromatic N) is 1. The van der Waals surface area contributed by atoms with Gasteiger partial charge in [0.05, 0.1) is 16.8 Å². The van der Waals surface area contributed by atoms with Crippen molar-refractivity contribution < 1.29 is 14.3 Å². The zero-order valence-electron chi connectivity index (χ0n) is 11.0. The molecular weight excluding hydrogens is 262 g/mol. The van der Waals surface area contributed by atoms with Gasteiger partial charge in [-0.15, -0.1) is 11.3 Å². The van der Waals surface area contributed by atoms with Gasteiger partial charge in [-0.1, -0.05) is 20.8 Å². The van der Waals surface area contributed by atoms with Crippen molar-refractivity contribution in [2.24, 2.45) is 0 Å². The molecule has 4 nitrogen and oxygen atoms in total. The van der Waals surface area contributed by atoms with E-state index in [1.165, 1.54) is 11.3 Å². The summed E-state index contributed by atoms with van der Waals surface area (Å²) in [7, 11) is 0. The molecule has 0 aromatic carbocycles. The molecule has 0 saturated carbocycles. The standard InChI is InChI=1S/C14H15NO3S/c1-14(2,3)12-10(6-7-11(16)17)19-13(15-12)9-5-4-8-18-9/h4-8H,1-3H3,(H,16,17)/b7-6+. The number of hydrogen-bond donors (Lipinski definition) is 1. The molecule has 0 amide bonds. The molecule has 19 heavy (non-hydrogen) atoms. The average Bonchev–Trinajstić information content (AvgIpc) is 2.94. The maximum Gasteiger partial charge on any atom is 0.328 e.